The summed E-state index contributed by atoms with van der Waals surface area (Å²) < 4.78 is 36.1. The minimum atomic E-state index is -3.92. The second-order valence-corrected chi connectivity index (χ2v) is 7.30. The Bertz CT molecular complexity index is 998. The van der Waals surface area contributed by atoms with Crippen molar-refractivity contribution in [1.29, 1.82) is 0 Å². The van der Waals surface area contributed by atoms with Gasteiger partial charge in [0.05, 0.1) is 19.1 Å². The van der Waals surface area contributed by atoms with Crippen molar-refractivity contribution in [3.05, 3.63) is 54.1 Å². The largest absolute Gasteiger partial charge is 0.497 e. The molecule has 0 aliphatic carbocycles. The van der Waals surface area contributed by atoms with E-state index in [-0.39, 0.29) is 4.90 Å². The Kier molecular flexibility index (Phi) is 6.78. The van der Waals surface area contributed by atoms with Crippen LogP contribution in [0.25, 0.3) is 6.08 Å². The number of nitrogens with one attached hydrogen (secondary N) is 2. The predicted octanol–water partition coefficient (Wildman–Crippen LogP) is 2.18. The fourth-order valence-corrected chi connectivity index (χ4v) is 3.28. The van der Waals surface area contributed by atoms with Gasteiger partial charge in [0.2, 0.25) is 11.8 Å². The fraction of sp³-hybridized carbons (Fsp3) is 0.158. The molecule has 2 aromatic carbocycles. The van der Waals surface area contributed by atoms with E-state index in [2.05, 4.69) is 5.32 Å². The van der Waals surface area contributed by atoms with Crippen LogP contribution in [0.1, 0.15) is 12.5 Å². The lowest BCUT2D eigenvalue weighted by molar-refractivity contribution is -0.117. The van der Waals surface area contributed by atoms with E-state index in [4.69, 9.17) is 9.47 Å². The van der Waals surface area contributed by atoms with E-state index in [9.17, 15) is 18.0 Å². The lowest BCUT2D eigenvalue weighted by Gasteiger charge is -2.08. The number of anilines is 1. The van der Waals surface area contributed by atoms with E-state index in [0.717, 1.165) is 6.92 Å². The minimum Gasteiger partial charge on any atom is -0.497 e. The fourth-order valence-electron chi connectivity index (χ4n) is 2.28. The molecule has 0 radical (unpaired) electrons. The molecule has 0 atom stereocenters. The number of sulfonamides is 1. The third-order valence-electron chi connectivity index (χ3n) is 3.56. The van der Waals surface area contributed by atoms with Crippen molar-refractivity contribution >= 4 is 33.6 Å². The van der Waals surface area contributed by atoms with E-state index in [1.807, 2.05) is 4.72 Å². The summed E-state index contributed by atoms with van der Waals surface area (Å²) >= 11 is 0. The molecular formula is C19H20N2O6S. The summed E-state index contributed by atoms with van der Waals surface area (Å²) in [6, 6.07) is 10.6. The monoisotopic (exact) mass is 404 g/mol. The van der Waals surface area contributed by atoms with Gasteiger partial charge in [-0.1, -0.05) is 0 Å². The van der Waals surface area contributed by atoms with Crippen molar-refractivity contribution in [1.82, 2.24) is 4.72 Å². The molecule has 2 rings (SSSR count). The van der Waals surface area contributed by atoms with Gasteiger partial charge >= 0.3 is 0 Å². The standard InChI is InChI=1S/C19H20N2O6S/c1-13(22)21-28(24,25)17-8-5-15(6-9-17)20-19(23)11-4-14-12-16(26-2)7-10-18(14)27-3/h4-12H,1-3H3,(H,20,23)(H,21,22)/b11-4+. The van der Waals surface area contributed by atoms with Crippen molar-refractivity contribution in [2.45, 2.75) is 11.8 Å². The number of hydrogen-bond acceptors (Lipinski definition) is 6. The molecule has 2 amide bonds. The molecule has 2 aromatic rings. The third-order valence-corrected chi connectivity index (χ3v) is 5.01. The van der Waals surface area contributed by atoms with Crippen LogP contribution < -0.4 is 19.5 Å². The summed E-state index contributed by atoms with van der Waals surface area (Å²) in [6.45, 7) is 1.11. The summed E-state index contributed by atoms with van der Waals surface area (Å²) in [6.07, 6.45) is 2.89. The lowest BCUT2D eigenvalue weighted by atomic mass is 10.1. The topological polar surface area (TPSA) is 111 Å². The van der Waals surface area contributed by atoms with Gasteiger partial charge in [0.1, 0.15) is 11.5 Å². The first-order valence-corrected chi connectivity index (χ1v) is 9.58. The highest BCUT2D eigenvalue weighted by Gasteiger charge is 2.15. The average Bonchev–Trinajstić information content (AvgIpc) is 2.65. The van der Waals surface area contributed by atoms with E-state index in [1.54, 1.807) is 24.3 Å². The molecule has 0 bridgehead atoms. The first-order chi connectivity index (χ1) is 13.2. The number of rotatable bonds is 7. The second kappa shape index (κ2) is 9.05. The van der Waals surface area contributed by atoms with Crippen LogP contribution in [0.2, 0.25) is 0 Å². The molecular weight excluding hydrogens is 384 g/mol. The van der Waals surface area contributed by atoms with Crippen molar-refractivity contribution in [3.63, 3.8) is 0 Å². The maximum Gasteiger partial charge on any atom is 0.264 e. The Balaban J connectivity index is 2.09. The first kappa shape index (κ1) is 21.0. The van der Waals surface area contributed by atoms with Gasteiger partial charge in [-0.25, -0.2) is 13.1 Å². The van der Waals surface area contributed by atoms with Gasteiger partial charge in [-0.3, -0.25) is 9.59 Å². The highest BCUT2D eigenvalue weighted by atomic mass is 32.2. The van der Waals surface area contributed by atoms with Gasteiger partial charge in [-0.2, -0.15) is 0 Å². The maximum atomic E-state index is 12.1. The Hall–Kier alpha value is -3.33. The van der Waals surface area contributed by atoms with Gasteiger partial charge in [-0.15, -0.1) is 0 Å². The van der Waals surface area contributed by atoms with Crippen LogP contribution in [0.3, 0.4) is 0 Å². The van der Waals surface area contributed by atoms with Crippen LogP contribution in [0.15, 0.2) is 53.4 Å². The molecule has 0 unspecified atom stereocenters. The van der Waals surface area contributed by atoms with Crippen LogP contribution in [-0.4, -0.2) is 34.5 Å². The number of benzene rings is 2. The summed E-state index contributed by atoms with van der Waals surface area (Å²) in [4.78, 5) is 23.0. The highest BCUT2D eigenvalue weighted by molar-refractivity contribution is 7.90. The maximum absolute atomic E-state index is 12.1. The van der Waals surface area contributed by atoms with Crippen molar-refractivity contribution in [3.8, 4) is 11.5 Å². The zero-order chi connectivity index (χ0) is 20.7. The van der Waals surface area contributed by atoms with Gasteiger partial charge in [0.25, 0.3) is 10.0 Å². The molecule has 148 valence electrons. The Morgan fingerprint density at radius 3 is 2.25 bits per heavy atom. The molecule has 2 N–H and O–H groups in total. The smallest absolute Gasteiger partial charge is 0.264 e. The molecule has 0 fully saturated rings. The van der Waals surface area contributed by atoms with Gasteiger partial charge in [0, 0.05) is 24.3 Å². The van der Waals surface area contributed by atoms with E-state index in [1.165, 1.54) is 44.6 Å². The second-order valence-electron chi connectivity index (χ2n) is 5.62. The van der Waals surface area contributed by atoms with Crippen LogP contribution in [0.4, 0.5) is 5.69 Å². The lowest BCUT2D eigenvalue weighted by Crippen LogP contribution is -2.28. The van der Waals surface area contributed by atoms with Gasteiger partial charge < -0.3 is 14.8 Å². The normalized spacial score (nSPS) is 11.1. The van der Waals surface area contributed by atoms with Crippen LogP contribution in [0, 0.1) is 0 Å². The van der Waals surface area contributed by atoms with Crippen molar-refractivity contribution in [2.24, 2.45) is 0 Å². The number of ether oxygens (including phenoxy) is 2. The zero-order valence-electron chi connectivity index (χ0n) is 15.6. The van der Waals surface area contributed by atoms with Gasteiger partial charge in [-0.05, 0) is 48.5 Å². The van der Waals surface area contributed by atoms with E-state index in [0.29, 0.717) is 22.7 Å². The number of carbonyl (C=O) groups is 2. The zero-order valence-corrected chi connectivity index (χ0v) is 16.4. The molecule has 0 saturated carbocycles. The molecule has 0 heterocycles. The average molecular weight is 404 g/mol. The molecule has 0 aromatic heterocycles. The predicted molar refractivity (Wildman–Crippen MR) is 105 cm³/mol. The van der Waals surface area contributed by atoms with Crippen molar-refractivity contribution < 1.29 is 27.5 Å². The Morgan fingerprint density at radius 2 is 1.68 bits per heavy atom. The van der Waals surface area contributed by atoms with Crippen LogP contribution in [0.5, 0.6) is 11.5 Å². The molecule has 0 saturated heterocycles. The summed E-state index contributed by atoms with van der Waals surface area (Å²) in [5.74, 6) is 0.104. The Morgan fingerprint density at radius 1 is 1.00 bits per heavy atom. The Labute approximate surface area is 163 Å². The third kappa shape index (κ3) is 5.58. The SMILES string of the molecule is COc1ccc(OC)c(/C=C/C(=O)Nc2ccc(S(=O)(=O)NC(C)=O)cc2)c1. The highest BCUT2D eigenvalue weighted by Crippen LogP contribution is 2.25. The molecule has 8 nitrogen and oxygen atoms in total. The van der Waals surface area contributed by atoms with Gasteiger partial charge in [0.15, 0.2) is 0 Å². The summed E-state index contributed by atoms with van der Waals surface area (Å²) in [7, 11) is -0.854. The quantitative estimate of drug-likeness (QED) is 0.685. The number of amides is 2. The number of methoxy groups -OCH3 is 2. The molecule has 0 spiro atoms. The summed E-state index contributed by atoms with van der Waals surface area (Å²) in [5, 5.41) is 2.62. The first-order valence-electron chi connectivity index (χ1n) is 8.09. The van der Waals surface area contributed by atoms with Crippen LogP contribution >= 0.6 is 0 Å². The summed E-state index contributed by atoms with van der Waals surface area (Å²) in [5.41, 5.74) is 1.06. The van der Waals surface area contributed by atoms with E-state index < -0.39 is 21.8 Å². The molecule has 0 aliphatic heterocycles. The number of carbonyl (C=O) groups excluding carboxylic acids is 2. The molecule has 28 heavy (non-hydrogen) atoms. The molecule has 0 aliphatic rings. The minimum absolute atomic E-state index is 0.0858. The van der Waals surface area contributed by atoms with Crippen molar-refractivity contribution in [2.75, 3.05) is 19.5 Å². The number of hydrogen-bond donors (Lipinski definition) is 2. The van der Waals surface area contributed by atoms with Crippen LogP contribution in [-0.2, 0) is 19.6 Å². The molecule has 9 heteroatoms. The van der Waals surface area contributed by atoms with E-state index >= 15 is 0 Å².